The lowest BCUT2D eigenvalue weighted by atomic mass is 10.0. The Kier molecular flexibility index (Phi) is 9.85. The Bertz CT molecular complexity index is 978. The van der Waals surface area contributed by atoms with Gasteiger partial charge in [0.15, 0.2) is 11.4 Å². The van der Waals surface area contributed by atoms with Crippen molar-refractivity contribution >= 4 is 17.8 Å². The van der Waals surface area contributed by atoms with Crippen molar-refractivity contribution in [3.8, 4) is 17.2 Å². The van der Waals surface area contributed by atoms with Gasteiger partial charge >= 0.3 is 11.9 Å². The van der Waals surface area contributed by atoms with Crippen molar-refractivity contribution in [2.45, 2.75) is 59.8 Å². The molecule has 0 saturated carbocycles. The lowest BCUT2D eigenvalue weighted by Gasteiger charge is -2.29. The molecular formula is C25H32N2O7. The number of aromatic nitrogens is 1. The molecule has 0 aliphatic rings. The number of amides is 1. The first-order valence-corrected chi connectivity index (χ1v) is 11.2. The molecular weight excluding hydrogens is 440 g/mol. The molecule has 2 aromatic rings. The summed E-state index contributed by atoms with van der Waals surface area (Å²) in [4.78, 5) is 41.1. The van der Waals surface area contributed by atoms with Gasteiger partial charge in [0.1, 0.15) is 24.0 Å². The maximum absolute atomic E-state index is 12.8. The van der Waals surface area contributed by atoms with Gasteiger partial charge in [0.05, 0.1) is 6.61 Å². The number of pyridine rings is 1. The highest BCUT2D eigenvalue weighted by molar-refractivity contribution is 5.98. The van der Waals surface area contributed by atoms with Gasteiger partial charge in [0.2, 0.25) is 5.75 Å². The van der Waals surface area contributed by atoms with Crippen LogP contribution in [0.4, 0.5) is 0 Å². The molecule has 9 nitrogen and oxygen atoms in total. The zero-order chi connectivity index (χ0) is 25.3. The Morgan fingerprint density at radius 1 is 1.03 bits per heavy atom. The molecule has 0 unspecified atom stereocenters. The number of benzene rings is 1. The molecule has 2 rings (SSSR count). The highest BCUT2D eigenvalue weighted by atomic mass is 16.6. The molecule has 0 aliphatic heterocycles. The Hall–Kier alpha value is -3.62. The van der Waals surface area contributed by atoms with Crippen LogP contribution in [0, 0.1) is 5.92 Å². The molecule has 184 valence electrons. The van der Waals surface area contributed by atoms with Gasteiger partial charge in [-0.3, -0.25) is 9.59 Å². The average molecular weight is 473 g/mol. The predicted molar refractivity (Wildman–Crippen MR) is 125 cm³/mol. The predicted octanol–water partition coefficient (Wildman–Crippen LogP) is 3.56. The minimum atomic E-state index is -0.998. The second kappa shape index (κ2) is 12.6. The van der Waals surface area contributed by atoms with E-state index in [0.717, 1.165) is 0 Å². The van der Waals surface area contributed by atoms with E-state index in [9.17, 15) is 14.4 Å². The summed E-state index contributed by atoms with van der Waals surface area (Å²) >= 11 is 0. The molecule has 1 N–H and O–H groups in total. The molecule has 3 atom stereocenters. The van der Waals surface area contributed by atoms with Crippen LogP contribution < -0.4 is 19.5 Å². The van der Waals surface area contributed by atoms with Crippen molar-refractivity contribution < 1.29 is 33.3 Å². The average Bonchev–Trinajstić information content (AvgIpc) is 2.78. The van der Waals surface area contributed by atoms with E-state index in [1.165, 1.54) is 26.1 Å². The summed E-state index contributed by atoms with van der Waals surface area (Å²) in [5, 5.41) is 2.54. The molecule has 0 fully saturated rings. The number of carbonyl (C=O) groups excluding carboxylic acids is 3. The van der Waals surface area contributed by atoms with Crippen LogP contribution in [-0.2, 0) is 14.3 Å². The van der Waals surface area contributed by atoms with E-state index >= 15 is 0 Å². The Morgan fingerprint density at radius 2 is 1.71 bits per heavy atom. The minimum absolute atomic E-state index is 0.0599. The van der Waals surface area contributed by atoms with E-state index in [0.29, 0.717) is 12.4 Å². The Morgan fingerprint density at radius 3 is 2.29 bits per heavy atom. The van der Waals surface area contributed by atoms with Gasteiger partial charge in [-0.25, -0.2) is 9.78 Å². The number of hydrogen-bond donors (Lipinski definition) is 1. The van der Waals surface area contributed by atoms with E-state index in [-0.39, 0.29) is 23.1 Å². The van der Waals surface area contributed by atoms with Gasteiger partial charge < -0.3 is 24.3 Å². The number of para-hydroxylation sites is 1. The molecule has 1 aromatic heterocycles. The van der Waals surface area contributed by atoms with Crippen LogP contribution >= 0.6 is 0 Å². The van der Waals surface area contributed by atoms with Gasteiger partial charge in [-0.1, -0.05) is 32.0 Å². The topological polar surface area (TPSA) is 113 Å². The molecule has 0 aliphatic carbocycles. The first kappa shape index (κ1) is 26.6. The van der Waals surface area contributed by atoms with Crippen molar-refractivity contribution in [2.75, 3.05) is 6.61 Å². The standard InChI is InChI=1S/C25H32N2O7/c1-7-31-20-13-14-26-21(23(20)33-18(6)28)24(29)27-16(4)25(30)32-17(5)22(15(2)3)34-19-11-9-8-10-12-19/h8-17,22H,7H2,1-6H3,(H,27,29)/t16-,17-,22+/m0/s1. The number of nitrogens with zero attached hydrogens (tertiary/aromatic N) is 1. The second-order valence-electron chi connectivity index (χ2n) is 7.99. The molecule has 34 heavy (non-hydrogen) atoms. The third kappa shape index (κ3) is 7.47. The second-order valence-corrected chi connectivity index (χ2v) is 7.99. The fourth-order valence-electron chi connectivity index (χ4n) is 3.21. The van der Waals surface area contributed by atoms with Crippen molar-refractivity contribution in [2.24, 2.45) is 5.92 Å². The summed E-state index contributed by atoms with van der Waals surface area (Å²) < 4.78 is 22.2. The lowest BCUT2D eigenvalue weighted by Crippen LogP contribution is -2.44. The van der Waals surface area contributed by atoms with Crippen LogP contribution in [0.1, 0.15) is 52.0 Å². The first-order valence-electron chi connectivity index (χ1n) is 11.2. The summed E-state index contributed by atoms with van der Waals surface area (Å²) in [7, 11) is 0. The highest BCUT2D eigenvalue weighted by Gasteiger charge is 2.30. The van der Waals surface area contributed by atoms with Crippen LogP contribution in [-0.4, -0.2) is 47.7 Å². The monoisotopic (exact) mass is 472 g/mol. The SMILES string of the molecule is CCOc1ccnc(C(=O)N[C@@H](C)C(=O)O[C@@H](C)[C@H](Oc2ccccc2)C(C)C)c1OC(C)=O. The van der Waals surface area contributed by atoms with E-state index in [2.05, 4.69) is 10.3 Å². The highest BCUT2D eigenvalue weighted by Crippen LogP contribution is 2.30. The van der Waals surface area contributed by atoms with Gasteiger partial charge in [0.25, 0.3) is 5.91 Å². The lowest BCUT2D eigenvalue weighted by molar-refractivity contribution is -0.155. The van der Waals surface area contributed by atoms with Crippen LogP contribution in [0.5, 0.6) is 17.2 Å². The summed E-state index contributed by atoms with van der Waals surface area (Å²) in [6.45, 7) is 10.4. The Balaban J connectivity index is 2.09. The summed E-state index contributed by atoms with van der Waals surface area (Å²) in [5.74, 6) is -1.18. The molecule has 1 aromatic carbocycles. The van der Waals surface area contributed by atoms with E-state index < -0.39 is 36.1 Å². The maximum Gasteiger partial charge on any atom is 0.328 e. The summed E-state index contributed by atoms with van der Waals surface area (Å²) in [6, 6.07) is 9.75. The minimum Gasteiger partial charge on any atom is -0.490 e. The molecule has 0 bridgehead atoms. The van der Waals surface area contributed by atoms with Crippen LogP contribution in [0.15, 0.2) is 42.6 Å². The first-order chi connectivity index (χ1) is 16.1. The van der Waals surface area contributed by atoms with Crippen molar-refractivity contribution in [3.63, 3.8) is 0 Å². The number of carbonyl (C=O) groups is 3. The van der Waals surface area contributed by atoms with Crippen molar-refractivity contribution in [1.29, 1.82) is 0 Å². The van der Waals surface area contributed by atoms with Crippen LogP contribution in [0.3, 0.4) is 0 Å². The molecule has 0 radical (unpaired) electrons. The van der Waals surface area contributed by atoms with Crippen molar-refractivity contribution in [1.82, 2.24) is 10.3 Å². The normalized spacial score (nSPS) is 13.4. The molecule has 0 saturated heterocycles. The largest absolute Gasteiger partial charge is 0.490 e. The van der Waals surface area contributed by atoms with Crippen LogP contribution in [0.2, 0.25) is 0 Å². The fourth-order valence-corrected chi connectivity index (χ4v) is 3.21. The number of rotatable bonds is 11. The van der Waals surface area contributed by atoms with E-state index in [1.54, 1.807) is 13.8 Å². The number of hydrogen-bond acceptors (Lipinski definition) is 8. The number of nitrogens with one attached hydrogen (secondary N) is 1. The summed E-state index contributed by atoms with van der Waals surface area (Å²) in [6.07, 6.45) is 0.379. The summed E-state index contributed by atoms with van der Waals surface area (Å²) in [5.41, 5.74) is -0.179. The van der Waals surface area contributed by atoms with Gasteiger partial charge in [-0.15, -0.1) is 0 Å². The quantitative estimate of drug-likeness (QED) is 0.494. The fraction of sp³-hybridized carbons (Fsp3) is 0.440. The zero-order valence-electron chi connectivity index (χ0n) is 20.4. The van der Waals surface area contributed by atoms with Gasteiger partial charge in [-0.2, -0.15) is 0 Å². The zero-order valence-corrected chi connectivity index (χ0v) is 20.4. The molecule has 0 spiro atoms. The smallest absolute Gasteiger partial charge is 0.328 e. The number of esters is 2. The van der Waals surface area contributed by atoms with Gasteiger partial charge in [0, 0.05) is 19.2 Å². The van der Waals surface area contributed by atoms with Crippen molar-refractivity contribution in [3.05, 3.63) is 48.3 Å². The molecule has 1 heterocycles. The van der Waals surface area contributed by atoms with E-state index in [1.807, 2.05) is 44.2 Å². The number of ether oxygens (including phenoxy) is 4. The third-order valence-corrected chi connectivity index (χ3v) is 4.77. The van der Waals surface area contributed by atoms with Crippen LogP contribution in [0.25, 0.3) is 0 Å². The third-order valence-electron chi connectivity index (χ3n) is 4.77. The van der Waals surface area contributed by atoms with Gasteiger partial charge in [-0.05, 0) is 38.8 Å². The molecule has 1 amide bonds. The van der Waals surface area contributed by atoms with E-state index in [4.69, 9.17) is 18.9 Å². The molecule has 9 heteroatoms. The Labute approximate surface area is 199 Å². The maximum atomic E-state index is 12.8.